The van der Waals surface area contributed by atoms with Crippen LogP contribution in [0.2, 0.25) is 0 Å². The average molecular weight is 322 g/mol. The zero-order chi connectivity index (χ0) is 16.6. The number of hydrogen-bond acceptors (Lipinski definition) is 8. The molecule has 8 heteroatoms. The minimum Gasteiger partial charge on any atom is -0.463 e. The molecule has 0 saturated carbocycles. The van der Waals surface area contributed by atoms with E-state index in [9.17, 15) is 9.59 Å². The molecular formula is C14H26O8. The van der Waals surface area contributed by atoms with Gasteiger partial charge in [-0.25, -0.2) is 0 Å². The van der Waals surface area contributed by atoms with Crippen molar-refractivity contribution >= 4 is 11.9 Å². The molecule has 0 N–H and O–H groups in total. The van der Waals surface area contributed by atoms with Gasteiger partial charge in [0.25, 0.3) is 0 Å². The second-order valence-electron chi connectivity index (χ2n) is 4.27. The van der Waals surface area contributed by atoms with E-state index in [1.807, 2.05) is 0 Å². The van der Waals surface area contributed by atoms with Crippen molar-refractivity contribution in [3.63, 3.8) is 0 Å². The Balaban J connectivity index is 3.62. The third-order valence-electron chi connectivity index (χ3n) is 2.51. The lowest BCUT2D eigenvalue weighted by atomic mass is 10.2. The van der Waals surface area contributed by atoms with Gasteiger partial charge in [-0.1, -0.05) is 0 Å². The van der Waals surface area contributed by atoms with E-state index >= 15 is 0 Å². The van der Waals surface area contributed by atoms with Gasteiger partial charge in [0, 0.05) is 14.2 Å². The highest BCUT2D eigenvalue weighted by Crippen LogP contribution is 2.02. The number of ether oxygens (including phenoxy) is 6. The van der Waals surface area contributed by atoms with Crippen molar-refractivity contribution in [1.82, 2.24) is 0 Å². The first-order valence-corrected chi connectivity index (χ1v) is 7.10. The number of rotatable bonds is 14. The molecule has 0 aromatic carbocycles. The Morgan fingerprint density at radius 3 is 1.41 bits per heavy atom. The molecular weight excluding hydrogens is 296 g/mol. The van der Waals surface area contributed by atoms with Gasteiger partial charge in [-0.15, -0.1) is 0 Å². The summed E-state index contributed by atoms with van der Waals surface area (Å²) in [6.45, 7) is 3.91. The largest absolute Gasteiger partial charge is 0.463 e. The molecule has 0 aliphatic carbocycles. The number of carbonyl (C=O) groups is 2. The minimum atomic E-state index is -0.974. The first-order valence-electron chi connectivity index (χ1n) is 7.10. The van der Waals surface area contributed by atoms with E-state index in [2.05, 4.69) is 0 Å². The topological polar surface area (TPSA) is 89.5 Å². The Kier molecular flexibility index (Phi) is 13.9. The van der Waals surface area contributed by atoms with Crippen LogP contribution in [0.4, 0.5) is 0 Å². The first-order chi connectivity index (χ1) is 10.6. The number of carbonyl (C=O) groups excluding carboxylic acids is 2. The van der Waals surface area contributed by atoms with Crippen molar-refractivity contribution in [2.45, 2.75) is 6.92 Å². The van der Waals surface area contributed by atoms with Crippen LogP contribution in [0.25, 0.3) is 0 Å². The van der Waals surface area contributed by atoms with Gasteiger partial charge in [0.2, 0.25) is 0 Å². The summed E-state index contributed by atoms with van der Waals surface area (Å²) < 4.78 is 29.7. The second-order valence-corrected chi connectivity index (χ2v) is 4.27. The molecule has 0 fully saturated rings. The molecule has 0 aromatic rings. The number of methoxy groups -OCH3 is 2. The molecule has 0 saturated heterocycles. The SMILES string of the molecule is COCCOCCOC(=O)C(C)C(=O)OCCOCCOC. The van der Waals surface area contributed by atoms with Crippen LogP contribution >= 0.6 is 0 Å². The molecule has 0 aliphatic heterocycles. The van der Waals surface area contributed by atoms with Gasteiger partial charge in [0.1, 0.15) is 13.2 Å². The monoisotopic (exact) mass is 322 g/mol. The predicted octanol–water partition coefficient (Wildman–Crippen LogP) is 0.0349. The summed E-state index contributed by atoms with van der Waals surface area (Å²) >= 11 is 0. The molecule has 22 heavy (non-hydrogen) atoms. The molecule has 130 valence electrons. The fourth-order valence-corrected chi connectivity index (χ4v) is 1.24. The second kappa shape index (κ2) is 14.7. The van der Waals surface area contributed by atoms with E-state index in [0.717, 1.165) is 0 Å². The summed E-state index contributed by atoms with van der Waals surface area (Å²) in [5.74, 6) is -2.25. The van der Waals surface area contributed by atoms with Crippen molar-refractivity contribution in [3.8, 4) is 0 Å². The maximum Gasteiger partial charge on any atom is 0.320 e. The van der Waals surface area contributed by atoms with Crippen molar-refractivity contribution in [2.75, 3.05) is 67.1 Å². The fraction of sp³-hybridized carbons (Fsp3) is 0.857. The van der Waals surface area contributed by atoms with E-state index in [0.29, 0.717) is 26.4 Å². The van der Waals surface area contributed by atoms with Crippen LogP contribution in [0, 0.1) is 5.92 Å². The highest BCUT2D eigenvalue weighted by atomic mass is 16.6. The summed E-state index contributed by atoms with van der Waals surface area (Å²) in [4.78, 5) is 23.2. The van der Waals surface area contributed by atoms with E-state index in [1.54, 1.807) is 14.2 Å². The zero-order valence-electron chi connectivity index (χ0n) is 13.5. The van der Waals surface area contributed by atoms with Crippen LogP contribution in [0.3, 0.4) is 0 Å². The van der Waals surface area contributed by atoms with Crippen LogP contribution in [0.15, 0.2) is 0 Å². The standard InChI is InChI=1S/C14H26O8/c1-12(13(15)21-10-8-19-6-4-17-2)14(16)22-11-9-20-7-5-18-3/h12H,4-11H2,1-3H3. The smallest absolute Gasteiger partial charge is 0.320 e. The van der Waals surface area contributed by atoms with Crippen LogP contribution in [-0.4, -0.2) is 79.0 Å². The van der Waals surface area contributed by atoms with Crippen molar-refractivity contribution in [3.05, 3.63) is 0 Å². The third kappa shape index (κ3) is 11.4. The summed E-state index contributed by atoms with van der Waals surface area (Å²) in [5, 5.41) is 0. The molecule has 8 nitrogen and oxygen atoms in total. The molecule has 0 spiro atoms. The summed E-state index contributed by atoms with van der Waals surface area (Å²) in [6, 6.07) is 0. The highest BCUT2D eigenvalue weighted by molar-refractivity contribution is 5.94. The van der Waals surface area contributed by atoms with Gasteiger partial charge >= 0.3 is 11.9 Å². The molecule has 0 atom stereocenters. The van der Waals surface area contributed by atoms with E-state index in [-0.39, 0.29) is 26.4 Å². The van der Waals surface area contributed by atoms with Gasteiger partial charge in [0.15, 0.2) is 5.92 Å². The van der Waals surface area contributed by atoms with Gasteiger partial charge < -0.3 is 28.4 Å². The van der Waals surface area contributed by atoms with Crippen molar-refractivity contribution < 1.29 is 38.0 Å². The van der Waals surface area contributed by atoms with Gasteiger partial charge in [-0.3, -0.25) is 9.59 Å². The lowest BCUT2D eigenvalue weighted by Gasteiger charge is -2.11. The molecule has 0 amide bonds. The molecule has 0 heterocycles. The molecule has 0 unspecified atom stereocenters. The Labute approximate surface area is 130 Å². The first kappa shape index (κ1) is 20.8. The van der Waals surface area contributed by atoms with Gasteiger partial charge in [-0.2, -0.15) is 0 Å². The summed E-state index contributed by atoms with van der Waals surface area (Å²) in [6.07, 6.45) is 0. The van der Waals surface area contributed by atoms with Crippen LogP contribution in [0.1, 0.15) is 6.92 Å². The van der Waals surface area contributed by atoms with Crippen molar-refractivity contribution in [2.24, 2.45) is 5.92 Å². The van der Waals surface area contributed by atoms with Crippen LogP contribution < -0.4 is 0 Å². The Morgan fingerprint density at radius 1 is 0.682 bits per heavy atom. The van der Waals surface area contributed by atoms with Crippen LogP contribution in [0.5, 0.6) is 0 Å². The number of esters is 2. The normalized spacial score (nSPS) is 10.7. The number of hydrogen-bond donors (Lipinski definition) is 0. The molecule has 0 aromatic heterocycles. The minimum absolute atomic E-state index is 0.0836. The lowest BCUT2D eigenvalue weighted by molar-refractivity contribution is -0.162. The maximum atomic E-state index is 11.6. The van der Waals surface area contributed by atoms with Crippen molar-refractivity contribution in [1.29, 1.82) is 0 Å². The fourth-order valence-electron chi connectivity index (χ4n) is 1.24. The highest BCUT2D eigenvalue weighted by Gasteiger charge is 2.24. The summed E-state index contributed by atoms with van der Waals surface area (Å²) in [7, 11) is 3.14. The van der Waals surface area contributed by atoms with Gasteiger partial charge in [-0.05, 0) is 6.92 Å². The lowest BCUT2D eigenvalue weighted by Crippen LogP contribution is -2.27. The Morgan fingerprint density at radius 2 is 1.05 bits per heavy atom. The van der Waals surface area contributed by atoms with Crippen LogP contribution in [-0.2, 0) is 38.0 Å². The summed E-state index contributed by atoms with van der Waals surface area (Å²) in [5.41, 5.74) is 0. The third-order valence-corrected chi connectivity index (χ3v) is 2.51. The quantitative estimate of drug-likeness (QED) is 0.251. The predicted molar refractivity (Wildman–Crippen MR) is 76.5 cm³/mol. The van der Waals surface area contributed by atoms with E-state index in [1.165, 1.54) is 6.92 Å². The molecule has 0 radical (unpaired) electrons. The van der Waals surface area contributed by atoms with Gasteiger partial charge in [0.05, 0.1) is 39.6 Å². The average Bonchev–Trinajstić information content (AvgIpc) is 2.52. The Bertz CT molecular complexity index is 267. The van der Waals surface area contributed by atoms with E-state index in [4.69, 9.17) is 28.4 Å². The van der Waals surface area contributed by atoms with E-state index < -0.39 is 17.9 Å². The molecule has 0 rings (SSSR count). The molecule has 0 aliphatic rings. The zero-order valence-corrected chi connectivity index (χ0v) is 13.5. The molecule has 0 bridgehead atoms. The maximum absolute atomic E-state index is 11.6. The Hall–Kier alpha value is -1.22.